The Morgan fingerprint density at radius 1 is 1.03 bits per heavy atom. The predicted molar refractivity (Wildman–Crippen MR) is 122 cm³/mol. The lowest BCUT2D eigenvalue weighted by Crippen LogP contribution is -2.32. The van der Waals surface area contributed by atoms with E-state index in [1.807, 2.05) is 35.2 Å². The minimum Gasteiger partial charge on any atom is -0.349 e. The van der Waals surface area contributed by atoms with Crippen molar-refractivity contribution in [1.82, 2.24) is 10.2 Å². The van der Waals surface area contributed by atoms with E-state index in [4.69, 9.17) is 0 Å². The molecule has 1 heterocycles. The Labute approximate surface area is 188 Å². The van der Waals surface area contributed by atoms with Gasteiger partial charge in [0.2, 0.25) is 10.0 Å². The summed E-state index contributed by atoms with van der Waals surface area (Å²) in [6.45, 7) is 0.902. The van der Waals surface area contributed by atoms with Gasteiger partial charge in [-0.1, -0.05) is 12.1 Å². The van der Waals surface area contributed by atoms with E-state index in [1.165, 1.54) is 10.6 Å². The number of carbonyl (C=O) groups is 2. The van der Waals surface area contributed by atoms with E-state index in [2.05, 4.69) is 5.32 Å². The molecule has 0 unspecified atom stereocenters. The van der Waals surface area contributed by atoms with Crippen LogP contribution in [-0.2, 0) is 23.0 Å². The highest BCUT2D eigenvalue weighted by Crippen LogP contribution is 2.33. The number of rotatable bonds is 7. The highest BCUT2D eigenvalue weighted by molar-refractivity contribution is 7.92. The van der Waals surface area contributed by atoms with Crippen molar-refractivity contribution in [2.75, 3.05) is 17.1 Å². The van der Waals surface area contributed by atoms with Crippen molar-refractivity contribution >= 4 is 27.5 Å². The molecule has 1 aliphatic heterocycles. The Kier molecular flexibility index (Phi) is 5.20. The van der Waals surface area contributed by atoms with Crippen LogP contribution in [0.2, 0.25) is 0 Å². The quantitative estimate of drug-likeness (QED) is 0.698. The van der Waals surface area contributed by atoms with Crippen LogP contribution in [0.15, 0.2) is 42.5 Å². The van der Waals surface area contributed by atoms with E-state index in [-0.39, 0.29) is 17.9 Å². The van der Waals surface area contributed by atoms with Crippen molar-refractivity contribution in [3.63, 3.8) is 0 Å². The van der Waals surface area contributed by atoms with Crippen LogP contribution < -0.4 is 9.62 Å². The van der Waals surface area contributed by atoms with Gasteiger partial charge in [0, 0.05) is 36.3 Å². The summed E-state index contributed by atoms with van der Waals surface area (Å²) in [5.41, 5.74) is 3.77. The lowest BCUT2D eigenvalue weighted by Gasteiger charge is -2.23. The zero-order valence-electron chi connectivity index (χ0n) is 18.1. The van der Waals surface area contributed by atoms with Crippen LogP contribution in [0.4, 0.5) is 5.69 Å². The van der Waals surface area contributed by atoms with Gasteiger partial charge in [0.25, 0.3) is 11.8 Å². The fourth-order valence-corrected chi connectivity index (χ4v) is 5.18. The van der Waals surface area contributed by atoms with Gasteiger partial charge in [-0.05, 0) is 73.6 Å². The van der Waals surface area contributed by atoms with Gasteiger partial charge in [-0.25, -0.2) is 8.42 Å². The van der Waals surface area contributed by atoms with E-state index in [9.17, 15) is 18.0 Å². The van der Waals surface area contributed by atoms with Crippen molar-refractivity contribution in [2.24, 2.45) is 0 Å². The van der Waals surface area contributed by atoms with Crippen LogP contribution in [-0.4, -0.2) is 50.0 Å². The summed E-state index contributed by atoms with van der Waals surface area (Å²) in [6.07, 6.45) is 5.89. The summed E-state index contributed by atoms with van der Waals surface area (Å²) in [6, 6.07) is 13.3. The summed E-state index contributed by atoms with van der Waals surface area (Å²) < 4.78 is 25.3. The smallest absolute Gasteiger partial charge is 0.254 e. The molecule has 0 radical (unpaired) electrons. The first kappa shape index (κ1) is 21.0. The van der Waals surface area contributed by atoms with Crippen molar-refractivity contribution in [3.05, 3.63) is 64.7 Å². The number of anilines is 1. The summed E-state index contributed by atoms with van der Waals surface area (Å²) >= 11 is 0. The normalized spacial score (nSPS) is 17.7. The molecule has 2 amide bonds. The van der Waals surface area contributed by atoms with Crippen molar-refractivity contribution in [3.8, 4) is 0 Å². The van der Waals surface area contributed by atoms with Crippen molar-refractivity contribution in [2.45, 2.75) is 50.7 Å². The first-order chi connectivity index (χ1) is 15.3. The Balaban J connectivity index is 1.31. The second-order valence-electron chi connectivity index (χ2n) is 9.04. The zero-order valence-corrected chi connectivity index (χ0v) is 18.9. The summed E-state index contributed by atoms with van der Waals surface area (Å²) in [4.78, 5) is 27.4. The monoisotopic (exact) mass is 453 g/mol. The van der Waals surface area contributed by atoms with Crippen LogP contribution in [0.3, 0.4) is 0 Å². The molecule has 2 saturated carbocycles. The molecule has 1 N–H and O–H groups in total. The number of carbonyl (C=O) groups excluding carboxylic acids is 2. The summed E-state index contributed by atoms with van der Waals surface area (Å²) in [5.74, 6) is -0.0842. The van der Waals surface area contributed by atoms with E-state index in [0.29, 0.717) is 42.4 Å². The maximum absolute atomic E-state index is 13.3. The molecule has 0 atom stereocenters. The lowest BCUT2D eigenvalue weighted by atomic mass is 10.1. The molecule has 0 saturated heterocycles. The second kappa shape index (κ2) is 7.92. The molecule has 0 bridgehead atoms. The van der Waals surface area contributed by atoms with E-state index < -0.39 is 10.0 Å². The highest BCUT2D eigenvalue weighted by Gasteiger charge is 2.34. The van der Waals surface area contributed by atoms with Gasteiger partial charge >= 0.3 is 0 Å². The minimum atomic E-state index is -3.31. The van der Waals surface area contributed by atoms with Gasteiger partial charge in [-0.15, -0.1) is 0 Å². The van der Waals surface area contributed by atoms with Crippen LogP contribution in [0.25, 0.3) is 0 Å². The van der Waals surface area contributed by atoms with Crippen LogP contribution >= 0.6 is 0 Å². The molecule has 2 aromatic carbocycles. The molecule has 2 aliphatic carbocycles. The maximum Gasteiger partial charge on any atom is 0.254 e. The van der Waals surface area contributed by atoms with Crippen molar-refractivity contribution < 1.29 is 18.0 Å². The number of nitrogens with one attached hydrogen (secondary N) is 1. The maximum atomic E-state index is 13.3. The Hall–Kier alpha value is -2.87. The molecule has 0 spiro atoms. The topological polar surface area (TPSA) is 86.8 Å². The van der Waals surface area contributed by atoms with Gasteiger partial charge in [-0.2, -0.15) is 0 Å². The molecule has 32 heavy (non-hydrogen) atoms. The van der Waals surface area contributed by atoms with Gasteiger partial charge in [0.15, 0.2) is 0 Å². The van der Waals surface area contributed by atoms with Gasteiger partial charge < -0.3 is 10.2 Å². The Bertz CT molecular complexity index is 1170. The molecule has 7 nitrogen and oxygen atoms in total. The zero-order chi connectivity index (χ0) is 22.5. The third kappa shape index (κ3) is 4.37. The molecular formula is C24H27N3O4S. The van der Waals surface area contributed by atoms with Gasteiger partial charge in [-0.3, -0.25) is 13.9 Å². The van der Waals surface area contributed by atoms with Crippen LogP contribution in [0.1, 0.15) is 57.5 Å². The highest BCUT2D eigenvalue weighted by atomic mass is 32.2. The SMILES string of the molecule is CS(=O)(=O)N1CCc2cc(C(=O)N(Cc3ccc(C(=O)NC4CC4)cc3)C3CC3)ccc21. The van der Waals surface area contributed by atoms with Gasteiger partial charge in [0.05, 0.1) is 11.9 Å². The second-order valence-corrected chi connectivity index (χ2v) is 10.9. The molecule has 5 rings (SSSR count). The Morgan fingerprint density at radius 2 is 1.72 bits per heavy atom. The number of nitrogens with zero attached hydrogens (tertiary/aromatic N) is 2. The number of sulfonamides is 1. The third-order valence-electron chi connectivity index (χ3n) is 6.31. The van der Waals surface area contributed by atoms with Crippen LogP contribution in [0, 0.1) is 0 Å². The fourth-order valence-electron chi connectivity index (χ4n) is 4.22. The summed E-state index contributed by atoms with van der Waals surface area (Å²) in [5, 5.41) is 2.99. The minimum absolute atomic E-state index is 0.0383. The lowest BCUT2D eigenvalue weighted by molar-refractivity contribution is 0.0729. The average Bonchev–Trinajstić information content (AvgIpc) is 3.69. The molecule has 3 aliphatic rings. The largest absolute Gasteiger partial charge is 0.349 e. The number of hydrogen-bond donors (Lipinski definition) is 1. The molecule has 168 valence electrons. The number of fused-ring (bicyclic) bond motifs is 1. The fraction of sp³-hybridized carbons (Fsp3) is 0.417. The first-order valence-electron chi connectivity index (χ1n) is 11.1. The molecular weight excluding hydrogens is 426 g/mol. The number of benzene rings is 2. The van der Waals surface area contributed by atoms with Gasteiger partial charge in [0.1, 0.15) is 0 Å². The Morgan fingerprint density at radius 3 is 2.34 bits per heavy atom. The number of hydrogen-bond acceptors (Lipinski definition) is 4. The standard InChI is InChI=1S/C24H27N3O4S/c1-32(30,31)27-13-12-18-14-19(6-11-22(18)27)24(29)26(21-9-10-21)15-16-2-4-17(5-3-16)23(28)25-20-7-8-20/h2-6,11,14,20-21H,7-10,12-13,15H2,1H3,(H,25,28). The van der Waals surface area contributed by atoms with Crippen molar-refractivity contribution in [1.29, 1.82) is 0 Å². The predicted octanol–water partition coefficient (Wildman–Crippen LogP) is 2.71. The molecule has 2 fully saturated rings. The third-order valence-corrected chi connectivity index (χ3v) is 7.49. The molecule has 8 heteroatoms. The van der Waals surface area contributed by atoms with E-state index >= 15 is 0 Å². The number of amides is 2. The average molecular weight is 454 g/mol. The molecule has 2 aromatic rings. The van der Waals surface area contributed by atoms with E-state index in [0.717, 1.165) is 36.8 Å². The molecule has 0 aromatic heterocycles. The van der Waals surface area contributed by atoms with Crippen LogP contribution in [0.5, 0.6) is 0 Å². The summed E-state index contributed by atoms with van der Waals surface area (Å²) in [7, 11) is -3.31. The first-order valence-corrected chi connectivity index (χ1v) is 13.0. The van der Waals surface area contributed by atoms with E-state index in [1.54, 1.807) is 12.1 Å².